The van der Waals surface area contributed by atoms with Crippen LogP contribution in [0, 0.1) is 0 Å². The van der Waals surface area contributed by atoms with Crippen LogP contribution in [0.2, 0.25) is 10.3 Å². The summed E-state index contributed by atoms with van der Waals surface area (Å²) in [6.45, 7) is -0.116. The highest BCUT2D eigenvalue weighted by atomic mass is 35.5. The Morgan fingerprint density at radius 3 is 2.56 bits per heavy atom. The Balaban J connectivity index is 1.73. The zero-order valence-electron chi connectivity index (χ0n) is 18.2. The fourth-order valence-corrected chi connectivity index (χ4v) is 4.47. The summed E-state index contributed by atoms with van der Waals surface area (Å²) in [5, 5.41) is 22.5. The van der Waals surface area contributed by atoms with Crippen molar-refractivity contribution in [3.05, 3.63) is 100 Å². The number of aliphatic hydroxyl groups is 2. The van der Waals surface area contributed by atoms with Crippen LogP contribution < -0.4 is 0 Å². The molecule has 0 saturated heterocycles. The Hall–Kier alpha value is -3.29. The lowest BCUT2D eigenvalue weighted by molar-refractivity contribution is 0.212. The molecule has 0 radical (unpaired) electrons. The van der Waals surface area contributed by atoms with Crippen LogP contribution in [-0.4, -0.2) is 29.7 Å². The van der Waals surface area contributed by atoms with E-state index in [9.17, 15) is 10.2 Å². The molecule has 0 aliphatic rings. The van der Waals surface area contributed by atoms with Gasteiger partial charge in [0.2, 0.25) is 5.28 Å². The van der Waals surface area contributed by atoms with Gasteiger partial charge in [-0.25, -0.2) is 15.0 Å². The van der Waals surface area contributed by atoms with Gasteiger partial charge in [0.1, 0.15) is 6.10 Å². The maximum Gasteiger partial charge on any atom is 0.223 e. The average Bonchev–Trinajstić information content (AvgIpc) is 3.28. The van der Waals surface area contributed by atoms with E-state index < -0.39 is 6.10 Å². The molecule has 0 spiro atoms. The highest BCUT2D eigenvalue weighted by molar-refractivity contribution is 6.31. The van der Waals surface area contributed by atoms with Gasteiger partial charge in [0.15, 0.2) is 0 Å². The molecule has 0 aliphatic heterocycles. The molecule has 0 fully saturated rings. The van der Waals surface area contributed by atoms with Crippen molar-refractivity contribution in [3.63, 3.8) is 0 Å². The second kappa shape index (κ2) is 9.16. The number of aromatic nitrogens is 4. The SMILES string of the molecule is Cn1cncc1C(O)c1ccc(CO)cc1-c1ccc2nc(Cl)nc(-c3cccc(Cl)c3)c2c1. The first kappa shape index (κ1) is 22.5. The topological polar surface area (TPSA) is 84.1 Å². The quantitative estimate of drug-likeness (QED) is 0.314. The number of hydrogen-bond donors (Lipinski definition) is 2. The molecule has 5 rings (SSSR count). The van der Waals surface area contributed by atoms with E-state index in [1.807, 2.05) is 55.6 Å². The van der Waals surface area contributed by atoms with Crippen molar-refractivity contribution in [2.24, 2.45) is 7.05 Å². The van der Waals surface area contributed by atoms with Crippen molar-refractivity contribution in [1.82, 2.24) is 19.5 Å². The molecule has 8 heteroatoms. The van der Waals surface area contributed by atoms with Gasteiger partial charge in [0.05, 0.1) is 36.0 Å². The molecule has 2 aromatic heterocycles. The molecule has 6 nitrogen and oxygen atoms in total. The summed E-state index contributed by atoms with van der Waals surface area (Å²) in [5.41, 5.74) is 5.88. The van der Waals surface area contributed by atoms with Crippen molar-refractivity contribution < 1.29 is 10.2 Å². The molecule has 2 heterocycles. The summed E-state index contributed by atoms with van der Waals surface area (Å²) < 4.78 is 1.78. The summed E-state index contributed by atoms with van der Waals surface area (Å²) in [5.74, 6) is 0. The predicted octanol–water partition coefficient (Wildman–Crippen LogP) is 5.58. The minimum atomic E-state index is -0.903. The van der Waals surface area contributed by atoms with Crippen LogP contribution in [0.1, 0.15) is 22.9 Å². The van der Waals surface area contributed by atoms with E-state index in [1.165, 1.54) is 0 Å². The standard InChI is InChI=1S/C26H20Cl2N4O2/c1-32-14-29-12-23(32)25(34)19-7-5-15(13-33)9-20(19)16-6-8-22-21(11-16)24(31-26(28)30-22)17-3-2-4-18(27)10-17/h2-12,14,25,33-34H,13H2,1H3. The Morgan fingerprint density at radius 2 is 1.82 bits per heavy atom. The van der Waals surface area contributed by atoms with Crippen LogP contribution in [-0.2, 0) is 13.7 Å². The van der Waals surface area contributed by atoms with Crippen molar-refractivity contribution in [1.29, 1.82) is 0 Å². The zero-order chi connectivity index (χ0) is 23.8. The molecule has 170 valence electrons. The number of imidazole rings is 1. The third kappa shape index (κ3) is 4.17. The van der Waals surface area contributed by atoms with Gasteiger partial charge >= 0.3 is 0 Å². The van der Waals surface area contributed by atoms with E-state index >= 15 is 0 Å². The minimum absolute atomic E-state index is 0.116. The number of aliphatic hydroxyl groups excluding tert-OH is 2. The Labute approximate surface area is 206 Å². The number of nitrogens with zero attached hydrogens (tertiary/aromatic N) is 4. The summed E-state index contributed by atoms with van der Waals surface area (Å²) in [4.78, 5) is 13.0. The second-order valence-electron chi connectivity index (χ2n) is 8.00. The first-order chi connectivity index (χ1) is 16.4. The van der Waals surface area contributed by atoms with Crippen LogP contribution in [0.25, 0.3) is 33.3 Å². The average molecular weight is 491 g/mol. The van der Waals surface area contributed by atoms with Crippen molar-refractivity contribution in [2.75, 3.05) is 0 Å². The van der Waals surface area contributed by atoms with Crippen molar-refractivity contribution >= 4 is 34.1 Å². The van der Waals surface area contributed by atoms with Crippen molar-refractivity contribution in [2.45, 2.75) is 12.7 Å². The molecule has 3 aromatic carbocycles. The van der Waals surface area contributed by atoms with Gasteiger partial charge in [-0.1, -0.05) is 41.9 Å². The Kier molecular flexibility index (Phi) is 6.06. The van der Waals surface area contributed by atoms with Gasteiger partial charge in [0.25, 0.3) is 0 Å². The molecule has 0 bridgehead atoms. The van der Waals surface area contributed by atoms with E-state index in [4.69, 9.17) is 23.2 Å². The van der Waals surface area contributed by atoms with E-state index in [0.29, 0.717) is 27.5 Å². The van der Waals surface area contributed by atoms with Crippen LogP contribution in [0.5, 0.6) is 0 Å². The summed E-state index contributed by atoms with van der Waals surface area (Å²) >= 11 is 12.5. The summed E-state index contributed by atoms with van der Waals surface area (Å²) in [6.07, 6.45) is 2.39. The smallest absolute Gasteiger partial charge is 0.223 e. The van der Waals surface area contributed by atoms with Crippen LogP contribution in [0.3, 0.4) is 0 Å². The van der Waals surface area contributed by atoms with E-state index in [-0.39, 0.29) is 11.9 Å². The number of aryl methyl sites for hydroxylation is 1. The van der Waals surface area contributed by atoms with Crippen LogP contribution >= 0.6 is 23.2 Å². The van der Waals surface area contributed by atoms with Gasteiger partial charge in [-0.3, -0.25) is 0 Å². The number of halogens is 2. The number of hydrogen-bond acceptors (Lipinski definition) is 5. The number of fused-ring (bicyclic) bond motifs is 1. The van der Waals surface area contributed by atoms with Gasteiger partial charge in [-0.2, -0.15) is 0 Å². The molecular formula is C26H20Cl2N4O2. The van der Waals surface area contributed by atoms with E-state index in [0.717, 1.165) is 27.6 Å². The zero-order valence-corrected chi connectivity index (χ0v) is 19.7. The van der Waals surface area contributed by atoms with Crippen LogP contribution in [0.4, 0.5) is 0 Å². The summed E-state index contributed by atoms with van der Waals surface area (Å²) in [7, 11) is 1.84. The fraction of sp³-hybridized carbons (Fsp3) is 0.115. The first-order valence-electron chi connectivity index (χ1n) is 10.6. The second-order valence-corrected chi connectivity index (χ2v) is 8.77. The van der Waals surface area contributed by atoms with Crippen LogP contribution in [0.15, 0.2) is 73.2 Å². The largest absolute Gasteiger partial charge is 0.392 e. The first-order valence-corrected chi connectivity index (χ1v) is 11.3. The normalized spacial score (nSPS) is 12.3. The molecular weight excluding hydrogens is 471 g/mol. The highest BCUT2D eigenvalue weighted by Crippen LogP contribution is 2.36. The molecule has 2 N–H and O–H groups in total. The predicted molar refractivity (Wildman–Crippen MR) is 134 cm³/mol. The van der Waals surface area contributed by atoms with Gasteiger partial charge in [-0.15, -0.1) is 0 Å². The van der Waals surface area contributed by atoms with Gasteiger partial charge in [0, 0.05) is 23.0 Å². The molecule has 5 aromatic rings. The molecule has 34 heavy (non-hydrogen) atoms. The fourth-order valence-electron chi connectivity index (χ4n) is 4.10. The number of benzene rings is 3. The monoisotopic (exact) mass is 490 g/mol. The molecule has 0 aliphatic carbocycles. The molecule has 0 amide bonds. The minimum Gasteiger partial charge on any atom is -0.392 e. The van der Waals surface area contributed by atoms with Gasteiger partial charge in [-0.05, 0) is 64.2 Å². The molecule has 1 unspecified atom stereocenters. The maximum absolute atomic E-state index is 11.2. The van der Waals surface area contributed by atoms with Crippen molar-refractivity contribution in [3.8, 4) is 22.4 Å². The lowest BCUT2D eigenvalue weighted by Crippen LogP contribution is -2.07. The van der Waals surface area contributed by atoms with E-state index in [2.05, 4.69) is 15.0 Å². The Morgan fingerprint density at radius 1 is 0.971 bits per heavy atom. The van der Waals surface area contributed by atoms with E-state index in [1.54, 1.807) is 29.2 Å². The third-order valence-electron chi connectivity index (χ3n) is 5.81. The van der Waals surface area contributed by atoms with Gasteiger partial charge < -0.3 is 14.8 Å². The summed E-state index contributed by atoms with van der Waals surface area (Å²) in [6, 6.07) is 18.7. The maximum atomic E-state index is 11.2. The molecule has 1 atom stereocenters. The molecule has 0 saturated carbocycles. The highest BCUT2D eigenvalue weighted by Gasteiger charge is 2.20. The lowest BCUT2D eigenvalue weighted by Gasteiger charge is -2.18. The third-order valence-corrected chi connectivity index (χ3v) is 6.21. The lowest BCUT2D eigenvalue weighted by atomic mass is 9.92. The Bertz CT molecular complexity index is 1520. The number of rotatable bonds is 5.